The molecule has 0 spiro atoms. The van der Waals surface area contributed by atoms with Gasteiger partial charge in [0.25, 0.3) is 0 Å². The molecule has 104 valence electrons. The lowest BCUT2D eigenvalue weighted by atomic mass is 10.0. The molecule has 1 aromatic carbocycles. The summed E-state index contributed by atoms with van der Waals surface area (Å²) in [6.45, 7) is 0. The Hall–Kier alpha value is -1.56. The molecule has 1 aliphatic carbocycles. The van der Waals surface area contributed by atoms with Crippen molar-refractivity contribution in [2.45, 2.75) is 31.5 Å². The number of hydrogen-bond acceptors (Lipinski definition) is 2. The highest BCUT2D eigenvalue weighted by Crippen LogP contribution is 2.31. The minimum absolute atomic E-state index is 0.152. The van der Waals surface area contributed by atoms with E-state index >= 15 is 0 Å². The first-order chi connectivity index (χ1) is 8.88. The van der Waals surface area contributed by atoms with Crippen LogP contribution in [-0.2, 0) is 11.0 Å². The van der Waals surface area contributed by atoms with Gasteiger partial charge in [-0.15, -0.1) is 0 Å². The van der Waals surface area contributed by atoms with Crippen molar-refractivity contribution in [1.82, 2.24) is 0 Å². The number of anilines is 1. The van der Waals surface area contributed by atoms with Gasteiger partial charge in [0.15, 0.2) is 0 Å². The Morgan fingerprint density at radius 1 is 1.32 bits per heavy atom. The third kappa shape index (κ3) is 3.26. The molecular formula is C13H15F3N2O. The third-order valence-electron chi connectivity index (χ3n) is 3.36. The van der Waals surface area contributed by atoms with Crippen LogP contribution < -0.4 is 11.1 Å². The lowest BCUT2D eigenvalue weighted by molar-refractivity contribution is -0.137. The number of nitrogens with one attached hydrogen (secondary N) is 1. The molecule has 0 radical (unpaired) electrons. The number of benzene rings is 1. The van der Waals surface area contributed by atoms with Crippen LogP contribution in [0, 0.1) is 5.92 Å². The lowest BCUT2D eigenvalue weighted by Crippen LogP contribution is -2.34. The number of rotatable bonds is 2. The average Bonchev–Trinajstić information content (AvgIpc) is 2.75. The monoisotopic (exact) mass is 272 g/mol. The summed E-state index contributed by atoms with van der Waals surface area (Å²) in [7, 11) is 0. The van der Waals surface area contributed by atoms with Gasteiger partial charge in [-0.3, -0.25) is 4.79 Å². The molecule has 0 saturated heterocycles. The Morgan fingerprint density at radius 3 is 2.63 bits per heavy atom. The van der Waals surface area contributed by atoms with Crippen molar-refractivity contribution in [1.29, 1.82) is 0 Å². The fraction of sp³-hybridized carbons (Fsp3) is 0.462. The second-order valence-corrected chi connectivity index (χ2v) is 4.77. The summed E-state index contributed by atoms with van der Waals surface area (Å²) in [6, 6.07) is 4.40. The Kier molecular flexibility index (Phi) is 3.80. The van der Waals surface area contributed by atoms with E-state index in [0.29, 0.717) is 6.42 Å². The van der Waals surface area contributed by atoms with Crippen LogP contribution in [0.2, 0.25) is 0 Å². The molecule has 19 heavy (non-hydrogen) atoms. The summed E-state index contributed by atoms with van der Waals surface area (Å²) in [6.07, 6.45) is -2.07. The summed E-state index contributed by atoms with van der Waals surface area (Å²) < 4.78 is 37.6. The molecule has 2 unspecified atom stereocenters. The van der Waals surface area contributed by atoms with E-state index in [1.807, 2.05) is 0 Å². The van der Waals surface area contributed by atoms with Crippen molar-refractivity contribution in [3.63, 3.8) is 0 Å². The third-order valence-corrected chi connectivity index (χ3v) is 3.36. The second-order valence-electron chi connectivity index (χ2n) is 4.77. The van der Waals surface area contributed by atoms with Crippen LogP contribution in [0.1, 0.15) is 24.8 Å². The number of amides is 1. The number of hydrogen-bond donors (Lipinski definition) is 2. The molecule has 2 atom stereocenters. The zero-order valence-electron chi connectivity index (χ0n) is 10.2. The fourth-order valence-electron chi connectivity index (χ4n) is 2.32. The van der Waals surface area contributed by atoms with Crippen LogP contribution in [0.5, 0.6) is 0 Å². The van der Waals surface area contributed by atoms with Crippen LogP contribution in [-0.4, -0.2) is 11.9 Å². The van der Waals surface area contributed by atoms with Gasteiger partial charge in [0.05, 0.1) is 11.5 Å². The van der Waals surface area contributed by atoms with Gasteiger partial charge in [0.1, 0.15) is 0 Å². The molecule has 1 fully saturated rings. The van der Waals surface area contributed by atoms with Gasteiger partial charge in [0, 0.05) is 11.7 Å². The molecule has 1 aliphatic rings. The summed E-state index contributed by atoms with van der Waals surface area (Å²) >= 11 is 0. The summed E-state index contributed by atoms with van der Waals surface area (Å²) in [5.74, 6) is -0.612. The Morgan fingerprint density at radius 2 is 2.05 bits per heavy atom. The summed E-state index contributed by atoms with van der Waals surface area (Å²) in [5.41, 5.74) is 5.17. The van der Waals surface area contributed by atoms with Gasteiger partial charge in [0.2, 0.25) is 5.91 Å². The SMILES string of the molecule is NC1CCCC1C(=O)Nc1cccc(C(F)(F)F)c1. The molecule has 1 aromatic rings. The first-order valence-corrected chi connectivity index (χ1v) is 6.11. The maximum atomic E-state index is 12.5. The van der Waals surface area contributed by atoms with E-state index in [-0.39, 0.29) is 23.6 Å². The predicted molar refractivity (Wildman–Crippen MR) is 65.4 cm³/mol. The molecule has 0 heterocycles. The van der Waals surface area contributed by atoms with Crippen LogP contribution in [0.25, 0.3) is 0 Å². The molecule has 0 bridgehead atoms. The molecule has 0 aromatic heterocycles. The highest BCUT2D eigenvalue weighted by atomic mass is 19.4. The summed E-state index contributed by atoms with van der Waals surface area (Å²) in [5, 5.41) is 2.51. The maximum Gasteiger partial charge on any atom is 0.416 e. The smallest absolute Gasteiger partial charge is 0.327 e. The van der Waals surface area contributed by atoms with Crippen molar-refractivity contribution in [2.24, 2.45) is 11.7 Å². The minimum Gasteiger partial charge on any atom is -0.327 e. The van der Waals surface area contributed by atoms with Gasteiger partial charge < -0.3 is 11.1 Å². The van der Waals surface area contributed by atoms with Crippen LogP contribution in [0.3, 0.4) is 0 Å². The van der Waals surface area contributed by atoms with E-state index in [0.717, 1.165) is 25.0 Å². The number of alkyl halides is 3. The largest absolute Gasteiger partial charge is 0.416 e. The second kappa shape index (κ2) is 5.21. The van der Waals surface area contributed by atoms with Crippen molar-refractivity contribution < 1.29 is 18.0 Å². The molecule has 1 saturated carbocycles. The van der Waals surface area contributed by atoms with Crippen LogP contribution >= 0.6 is 0 Å². The topological polar surface area (TPSA) is 55.1 Å². The van der Waals surface area contributed by atoms with Crippen molar-refractivity contribution in [2.75, 3.05) is 5.32 Å². The normalized spacial score (nSPS) is 23.4. The maximum absolute atomic E-state index is 12.5. The van der Waals surface area contributed by atoms with E-state index in [1.54, 1.807) is 0 Å². The van der Waals surface area contributed by atoms with E-state index in [4.69, 9.17) is 5.73 Å². The quantitative estimate of drug-likeness (QED) is 0.869. The molecule has 1 amide bonds. The van der Waals surface area contributed by atoms with Gasteiger partial charge in [-0.2, -0.15) is 13.2 Å². The molecule has 3 N–H and O–H groups in total. The lowest BCUT2D eigenvalue weighted by Gasteiger charge is -2.16. The number of halogens is 3. The van der Waals surface area contributed by atoms with E-state index in [1.165, 1.54) is 12.1 Å². The van der Waals surface area contributed by atoms with E-state index in [9.17, 15) is 18.0 Å². The molecule has 2 rings (SSSR count). The zero-order valence-corrected chi connectivity index (χ0v) is 10.2. The first-order valence-electron chi connectivity index (χ1n) is 6.11. The van der Waals surface area contributed by atoms with Crippen molar-refractivity contribution >= 4 is 11.6 Å². The highest BCUT2D eigenvalue weighted by Gasteiger charge is 2.32. The predicted octanol–water partition coefficient (Wildman–Crippen LogP) is 2.77. The Bertz CT molecular complexity index is 473. The molecular weight excluding hydrogens is 257 g/mol. The van der Waals surface area contributed by atoms with E-state index in [2.05, 4.69) is 5.32 Å². The van der Waals surface area contributed by atoms with Gasteiger partial charge in [-0.1, -0.05) is 12.5 Å². The standard InChI is InChI=1S/C13H15F3N2O/c14-13(15,16)8-3-1-4-9(7-8)18-12(19)10-5-2-6-11(10)17/h1,3-4,7,10-11H,2,5-6,17H2,(H,18,19). The molecule has 6 heteroatoms. The number of carbonyl (C=O) groups excluding carboxylic acids is 1. The van der Waals surface area contributed by atoms with Crippen LogP contribution in [0.4, 0.5) is 18.9 Å². The minimum atomic E-state index is -4.41. The molecule has 3 nitrogen and oxygen atoms in total. The fourth-order valence-corrected chi connectivity index (χ4v) is 2.32. The molecule has 0 aliphatic heterocycles. The van der Waals surface area contributed by atoms with Gasteiger partial charge in [-0.05, 0) is 31.0 Å². The average molecular weight is 272 g/mol. The number of nitrogens with two attached hydrogens (primary N) is 1. The van der Waals surface area contributed by atoms with E-state index < -0.39 is 11.7 Å². The Labute approximate surface area is 109 Å². The summed E-state index contributed by atoms with van der Waals surface area (Å²) in [4.78, 5) is 11.9. The highest BCUT2D eigenvalue weighted by molar-refractivity contribution is 5.93. The number of carbonyl (C=O) groups is 1. The van der Waals surface area contributed by atoms with Crippen molar-refractivity contribution in [3.8, 4) is 0 Å². The Balaban J connectivity index is 2.09. The van der Waals surface area contributed by atoms with Gasteiger partial charge >= 0.3 is 6.18 Å². The zero-order chi connectivity index (χ0) is 14.0. The first kappa shape index (κ1) is 13.9. The van der Waals surface area contributed by atoms with Crippen LogP contribution in [0.15, 0.2) is 24.3 Å². The van der Waals surface area contributed by atoms with Gasteiger partial charge in [-0.25, -0.2) is 0 Å². The van der Waals surface area contributed by atoms with Crippen molar-refractivity contribution in [3.05, 3.63) is 29.8 Å².